The number of aliphatic hydroxyl groups is 1. The molecule has 130 valence electrons. The second kappa shape index (κ2) is 6.99. The third kappa shape index (κ3) is 3.99. The summed E-state index contributed by atoms with van der Waals surface area (Å²) in [6.45, 7) is 5.34. The van der Waals surface area contributed by atoms with Gasteiger partial charge in [0.1, 0.15) is 5.82 Å². The Morgan fingerprint density at radius 2 is 2.08 bits per heavy atom. The third-order valence-corrected chi connectivity index (χ3v) is 4.45. The summed E-state index contributed by atoms with van der Waals surface area (Å²) in [5, 5.41) is 18.2. The Balaban J connectivity index is 1.78. The molecular formula is C18H24FN3O2. The molecule has 0 spiro atoms. The summed E-state index contributed by atoms with van der Waals surface area (Å²) in [6, 6.07) is 6.44. The molecule has 0 radical (unpaired) electrons. The predicted octanol–water partition coefficient (Wildman–Crippen LogP) is 3.56. The summed E-state index contributed by atoms with van der Waals surface area (Å²) in [6.07, 6.45) is 3.83. The summed E-state index contributed by atoms with van der Waals surface area (Å²) in [4.78, 5) is 2.28. The highest BCUT2D eigenvalue weighted by atomic mass is 19.1. The van der Waals surface area contributed by atoms with Gasteiger partial charge in [-0.3, -0.25) is 4.90 Å². The lowest BCUT2D eigenvalue weighted by Gasteiger charge is -2.34. The summed E-state index contributed by atoms with van der Waals surface area (Å²) < 4.78 is 19.7. The molecule has 2 aromatic rings. The molecule has 1 aliphatic rings. The van der Waals surface area contributed by atoms with Crippen LogP contribution in [0.4, 0.5) is 4.39 Å². The van der Waals surface area contributed by atoms with Crippen LogP contribution in [-0.4, -0.2) is 38.9 Å². The van der Waals surface area contributed by atoms with Gasteiger partial charge in [-0.25, -0.2) is 4.39 Å². The third-order valence-electron chi connectivity index (χ3n) is 4.45. The molecule has 1 atom stereocenters. The molecule has 1 N–H and O–H groups in total. The van der Waals surface area contributed by atoms with Gasteiger partial charge in [0, 0.05) is 6.54 Å². The van der Waals surface area contributed by atoms with Gasteiger partial charge in [0.2, 0.25) is 5.89 Å². The van der Waals surface area contributed by atoms with Crippen LogP contribution in [0.2, 0.25) is 0 Å². The molecule has 24 heavy (non-hydrogen) atoms. The quantitative estimate of drug-likeness (QED) is 0.906. The van der Waals surface area contributed by atoms with Crippen LogP contribution in [0.1, 0.15) is 51.5 Å². The van der Waals surface area contributed by atoms with E-state index in [1.807, 2.05) is 13.8 Å². The monoisotopic (exact) mass is 333 g/mol. The van der Waals surface area contributed by atoms with E-state index < -0.39 is 5.60 Å². The second-order valence-electron chi connectivity index (χ2n) is 7.04. The van der Waals surface area contributed by atoms with Gasteiger partial charge in [-0.05, 0) is 51.8 Å². The Labute approximate surface area is 141 Å². The first-order valence-electron chi connectivity index (χ1n) is 8.49. The molecule has 6 heteroatoms. The van der Waals surface area contributed by atoms with Gasteiger partial charge in [0.25, 0.3) is 5.89 Å². The minimum atomic E-state index is -0.699. The molecule has 1 saturated heterocycles. The first kappa shape index (κ1) is 17.0. The first-order valence-corrected chi connectivity index (χ1v) is 8.49. The lowest BCUT2D eigenvalue weighted by Crippen LogP contribution is -2.37. The van der Waals surface area contributed by atoms with Crippen molar-refractivity contribution in [2.45, 2.75) is 51.2 Å². The Morgan fingerprint density at radius 1 is 1.29 bits per heavy atom. The van der Waals surface area contributed by atoms with E-state index in [-0.39, 0.29) is 17.7 Å². The molecule has 0 aliphatic carbocycles. The molecule has 0 bridgehead atoms. The van der Waals surface area contributed by atoms with Crippen molar-refractivity contribution in [1.29, 1.82) is 0 Å². The average Bonchev–Trinajstić information content (AvgIpc) is 3.02. The van der Waals surface area contributed by atoms with Crippen LogP contribution >= 0.6 is 0 Å². The maximum atomic E-state index is 13.9. The number of piperidine rings is 1. The zero-order valence-corrected chi connectivity index (χ0v) is 14.2. The molecule has 0 amide bonds. The van der Waals surface area contributed by atoms with Crippen LogP contribution in [0.15, 0.2) is 28.7 Å². The normalized spacial score (nSPS) is 19.6. The summed E-state index contributed by atoms with van der Waals surface area (Å²) >= 11 is 0. The lowest BCUT2D eigenvalue weighted by atomic mass is 9.99. The fourth-order valence-electron chi connectivity index (χ4n) is 3.07. The van der Waals surface area contributed by atoms with Crippen molar-refractivity contribution in [3.63, 3.8) is 0 Å². The molecule has 3 rings (SSSR count). The van der Waals surface area contributed by atoms with Crippen molar-refractivity contribution in [3.8, 4) is 11.5 Å². The Hall–Kier alpha value is -1.79. The number of halogens is 1. The number of likely N-dealkylation sites (tertiary alicyclic amines) is 1. The predicted molar refractivity (Wildman–Crippen MR) is 88.8 cm³/mol. The summed E-state index contributed by atoms with van der Waals surface area (Å²) in [7, 11) is 0. The van der Waals surface area contributed by atoms with E-state index in [0.717, 1.165) is 32.4 Å². The summed E-state index contributed by atoms with van der Waals surface area (Å²) in [5.41, 5.74) is -0.370. The molecule has 1 aliphatic heterocycles. The van der Waals surface area contributed by atoms with Crippen molar-refractivity contribution >= 4 is 0 Å². The van der Waals surface area contributed by atoms with Gasteiger partial charge in [-0.15, -0.1) is 10.2 Å². The second-order valence-corrected chi connectivity index (χ2v) is 7.04. The number of nitrogens with zero attached hydrogens (tertiary/aromatic N) is 3. The van der Waals surface area contributed by atoms with E-state index >= 15 is 0 Å². The number of rotatable bonds is 5. The fourth-order valence-corrected chi connectivity index (χ4v) is 3.07. The number of hydrogen-bond acceptors (Lipinski definition) is 5. The van der Waals surface area contributed by atoms with E-state index in [4.69, 9.17) is 4.42 Å². The van der Waals surface area contributed by atoms with Crippen molar-refractivity contribution < 1.29 is 13.9 Å². The molecular weight excluding hydrogens is 309 g/mol. The van der Waals surface area contributed by atoms with Crippen LogP contribution < -0.4 is 0 Å². The van der Waals surface area contributed by atoms with E-state index in [2.05, 4.69) is 15.1 Å². The van der Waals surface area contributed by atoms with E-state index in [0.29, 0.717) is 17.9 Å². The minimum absolute atomic E-state index is 0.0362. The van der Waals surface area contributed by atoms with Gasteiger partial charge in [-0.2, -0.15) is 0 Å². The molecule has 0 saturated carbocycles. The lowest BCUT2D eigenvalue weighted by molar-refractivity contribution is 0.0398. The zero-order chi connectivity index (χ0) is 17.2. The van der Waals surface area contributed by atoms with Crippen LogP contribution in [0.3, 0.4) is 0 Å². The van der Waals surface area contributed by atoms with Gasteiger partial charge in [0.15, 0.2) is 0 Å². The van der Waals surface area contributed by atoms with Crippen molar-refractivity contribution in [2.75, 3.05) is 13.1 Å². The highest BCUT2D eigenvalue weighted by molar-refractivity contribution is 5.53. The highest BCUT2D eigenvalue weighted by Gasteiger charge is 2.30. The Bertz CT molecular complexity index is 681. The van der Waals surface area contributed by atoms with Gasteiger partial charge >= 0.3 is 0 Å². The maximum Gasteiger partial charge on any atom is 0.250 e. The standard InChI is InChI=1S/C18H24FN3O2/c1-18(2,23)10-12-22-11-6-5-9-15(22)17-21-20-16(24-17)13-7-3-4-8-14(13)19/h3-4,7-8,15,23H,5-6,9-12H2,1-2H3/t15-/m0/s1. The largest absolute Gasteiger partial charge is 0.419 e. The highest BCUT2D eigenvalue weighted by Crippen LogP contribution is 2.32. The molecule has 1 aromatic carbocycles. The molecule has 1 aromatic heterocycles. The van der Waals surface area contributed by atoms with Crippen LogP contribution in [0.5, 0.6) is 0 Å². The van der Waals surface area contributed by atoms with Gasteiger partial charge in [0.05, 0.1) is 17.2 Å². The number of hydrogen-bond donors (Lipinski definition) is 1. The fraction of sp³-hybridized carbons (Fsp3) is 0.556. The van der Waals surface area contributed by atoms with Gasteiger partial charge < -0.3 is 9.52 Å². The Kier molecular flexibility index (Phi) is 4.96. The van der Waals surface area contributed by atoms with E-state index in [1.54, 1.807) is 18.2 Å². The number of benzene rings is 1. The van der Waals surface area contributed by atoms with Crippen LogP contribution in [-0.2, 0) is 0 Å². The van der Waals surface area contributed by atoms with Crippen molar-refractivity contribution in [2.24, 2.45) is 0 Å². The van der Waals surface area contributed by atoms with Crippen molar-refractivity contribution in [1.82, 2.24) is 15.1 Å². The smallest absolute Gasteiger partial charge is 0.250 e. The van der Waals surface area contributed by atoms with E-state index in [9.17, 15) is 9.50 Å². The number of aromatic nitrogens is 2. The zero-order valence-electron chi connectivity index (χ0n) is 14.2. The Morgan fingerprint density at radius 3 is 2.83 bits per heavy atom. The summed E-state index contributed by atoms with van der Waals surface area (Å²) in [5.74, 6) is 0.384. The minimum Gasteiger partial charge on any atom is -0.419 e. The maximum absolute atomic E-state index is 13.9. The van der Waals surface area contributed by atoms with Crippen LogP contribution in [0.25, 0.3) is 11.5 Å². The van der Waals surface area contributed by atoms with Gasteiger partial charge in [-0.1, -0.05) is 18.6 Å². The molecule has 0 unspecified atom stereocenters. The molecule has 1 fully saturated rings. The average molecular weight is 333 g/mol. The van der Waals surface area contributed by atoms with Crippen molar-refractivity contribution in [3.05, 3.63) is 36.0 Å². The SMILES string of the molecule is CC(C)(O)CCN1CCCC[C@H]1c1nnc(-c2ccccc2F)o1. The molecule has 2 heterocycles. The molecule has 5 nitrogen and oxygen atoms in total. The topological polar surface area (TPSA) is 62.4 Å². The van der Waals surface area contributed by atoms with E-state index in [1.165, 1.54) is 6.07 Å². The first-order chi connectivity index (χ1) is 11.4. The van der Waals surface area contributed by atoms with Crippen LogP contribution in [0, 0.1) is 5.82 Å².